The van der Waals surface area contributed by atoms with E-state index in [-0.39, 0.29) is 24.6 Å². The minimum Gasteiger partial charge on any atom is -0.394 e. The predicted octanol–water partition coefficient (Wildman–Crippen LogP) is 3.53. The lowest BCUT2D eigenvalue weighted by Crippen LogP contribution is -2.38. The maximum atomic E-state index is 12.2. The molecule has 0 bridgehead atoms. The third-order valence-electron chi connectivity index (χ3n) is 3.41. The number of para-hydroxylation sites is 1. The number of aliphatic hydroxyl groups is 1. The Morgan fingerprint density at radius 1 is 1.08 bits per heavy atom. The van der Waals surface area contributed by atoms with Gasteiger partial charge in [-0.2, -0.15) is 0 Å². The van der Waals surface area contributed by atoms with Gasteiger partial charge in [-0.3, -0.25) is 10.1 Å². The van der Waals surface area contributed by atoms with Crippen LogP contribution in [-0.2, 0) is 0 Å². The molecule has 0 saturated carbocycles. The number of nitrogens with one attached hydrogen (secondary N) is 3. The van der Waals surface area contributed by atoms with Gasteiger partial charge in [0, 0.05) is 5.69 Å². The second-order valence-electron chi connectivity index (χ2n) is 6.09. The molecule has 1 aromatic heterocycles. The van der Waals surface area contributed by atoms with Gasteiger partial charge in [0.2, 0.25) is 0 Å². The number of hydrogen-bond donors (Lipinski definition) is 4. The first-order valence-corrected chi connectivity index (χ1v) is 8.94. The molecule has 0 aliphatic rings. The topological polar surface area (TPSA) is 90.5 Å². The Bertz CT molecular complexity index is 701. The number of rotatable bonds is 7. The van der Waals surface area contributed by atoms with Crippen molar-refractivity contribution in [1.82, 2.24) is 5.32 Å². The van der Waals surface area contributed by atoms with E-state index < -0.39 is 0 Å². The zero-order chi connectivity index (χ0) is 18.2. The fourth-order valence-corrected chi connectivity index (χ4v) is 3.13. The number of carbonyl (C=O) groups excluding carboxylic acids is 2. The number of benzene rings is 1. The molecule has 1 heterocycles. The van der Waals surface area contributed by atoms with Gasteiger partial charge < -0.3 is 15.7 Å². The number of urea groups is 1. The van der Waals surface area contributed by atoms with Gasteiger partial charge in [0.1, 0.15) is 0 Å². The highest BCUT2D eigenvalue weighted by atomic mass is 32.1. The minimum absolute atomic E-state index is 0.0973. The number of amides is 3. The van der Waals surface area contributed by atoms with Crippen LogP contribution in [0.15, 0.2) is 42.5 Å². The molecule has 0 saturated heterocycles. The summed E-state index contributed by atoms with van der Waals surface area (Å²) in [4.78, 5) is 24.7. The zero-order valence-electron chi connectivity index (χ0n) is 14.3. The van der Waals surface area contributed by atoms with Crippen LogP contribution in [0.3, 0.4) is 0 Å². The molecule has 0 aliphatic carbocycles. The smallest absolute Gasteiger partial charge is 0.324 e. The van der Waals surface area contributed by atoms with E-state index >= 15 is 0 Å². The lowest BCUT2D eigenvalue weighted by Gasteiger charge is -2.17. The number of hydrogen-bond acceptors (Lipinski definition) is 4. The Hall–Kier alpha value is -2.38. The van der Waals surface area contributed by atoms with Crippen molar-refractivity contribution in [2.45, 2.75) is 26.3 Å². The van der Waals surface area contributed by atoms with E-state index in [1.165, 1.54) is 11.3 Å². The van der Waals surface area contributed by atoms with Crippen LogP contribution < -0.4 is 16.0 Å². The standard InChI is InChI=1S/C18H23N3O3S/c1-12(2)10-14(11-22)19-17(23)15-8-9-16(25-15)21-18(24)20-13-6-4-3-5-7-13/h3-9,12,14,22H,10-11H2,1-2H3,(H,19,23)(H2,20,21,24). The highest BCUT2D eigenvalue weighted by Crippen LogP contribution is 2.22. The molecule has 4 N–H and O–H groups in total. The summed E-state index contributed by atoms with van der Waals surface area (Å²) in [6, 6.07) is 11.8. The zero-order valence-corrected chi connectivity index (χ0v) is 15.1. The van der Waals surface area contributed by atoms with Crippen LogP contribution in [0.1, 0.15) is 29.9 Å². The summed E-state index contributed by atoms with van der Waals surface area (Å²) < 4.78 is 0. The van der Waals surface area contributed by atoms with Gasteiger partial charge in [-0.25, -0.2) is 4.79 Å². The van der Waals surface area contributed by atoms with Crippen LogP contribution in [0.25, 0.3) is 0 Å². The van der Waals surface area contributed by atoms with Crippen LogP contribution in [0.2, 0.25) is 0 Å². The molecule has 1 atom stereocenters. The number of thiophene rings is 1. The molecule has 1 unspecified atom stereocenters. The molecule has 6 nitrogen and oxygen atoms in total. The van der Waals surface area contributed by atoms with Crippen LogP contribution in [0.4, 0.5) is 15.5 Å². The van der Waals surface area contributed by atoms with Gasteiger partial charge >= 0.3 is 6.03 Å². The van der Waals surface area contributed by atoms with Crippen molar-refractivity contribution in [3.8, 4) is 0 Å². The van der Waals surface area contributed by atoms with E-state index in [0.717, 1.165) is 0 Å². The first-order valence-electron chi connectivity index (χ1n) is 8.12. The molecule has 0 radical (unpaired) electrons. The normalized spacial score (nSPS) is 11.8. The first kappa shape index (κ1) is 19.0. The maximum absolute atomic E-state index is 12.2. The Kier molecular flexibility index (Phi) is 6.97. The molecule has 7 heteroatoms. The predicted molar refractivity (Wildman–Crippen MR) is 101 cm³/mol. The highest BCUT2D eigenvalue weighted by molar-refractivity contribution is 7.18. The van der Waals surface area contributed by atoms with Crippen LogP contribution >= 0.6 is 11.3 Å². The van der Waals surface area contributed by atoms with Gasteiger partial charge in [0.25, 0.3) is 5.91 Å². The molecule has 1 aromatic carbocycles. The van der Waals surface area contributed by atoms with E-state index in [9.17, 15) is 14.7 Å². The highest BCUT2D eigenvalue weighted by Gasteiger charge is 2.16. The minimum atomic E-state index is -0.368. The van der Waals surface area contributed by atoms with Gasteiger partial charge in [-0.1, -0.05) is 32.0 Å². The van der Waals surface area contributed by atoms with Crippen molar-refractivity contribution in [2.24, 2.45) is 5.92 Å². The summed E-state index contributed by atoms with van der Waals surface area (Å²) in [5.74, 6) is 0.126. The third kappa shape index (κ3) is 6.21. The SMILES string of the molecule is CC(C)CC(CO)NC(=O)c1ccc(NC(=O)Nc2ccccc2)s1. The molecule has 0 spiro atoms. The molecule has 134 valence electrons. The average Bonchev–Trinajstić information content (AvgIpc) is 3.03. The summed E-state index contributed by atoms with van der Waals surface area (Å²) >= 11 is 1.19. The number of anilines is 2. The summed E-state index contributed by atoms with van der Waals surface area (Å²) in [5.41, 5.74) is 0.689. The van der Waals surface area contributed by atoms with Gasteiger partial charge in [-0.05, 0) is 36.6 Å². The number of aliphatic hydroxyl groups excluding tert-OH is 1. The van der Waals surface area contributed by atoms with E-state index in [1.54, 1.807) is 24.3 Å². The second kappa shape index (κ2) is 9.19. The molecular weight excluding hydrogens is 338 g/mol. The Morgan fingerprint density at radius 3 is 2.44 bits per heavy atom. The van der Waals surface area contributed by atoms with Crippen molar-refractivity contribution in [3.63, 3.8) is 0 Å². The van der Waals surface area contributed by atoms with E-state index in [0.29, 0.717) is 27.9 Å². The van der Waals surface area contributed by atoms with Gasteiger partial charge in [0.15, 0.2) is 0 Å². The molecule has 0 fully saturated rings. The largest absolute Gasteiger partial charge is 0.394 e. The van der Waals surface area contributed by atoms with Crippen LogP contribution in [0.5, 0.6) is 0 Å². The maximum Gasteiger partial charge on any atom is 0.324 e. The monoisotopic (exact) mass is 361 g/mol. The first-order chi connectivity index (χ1) is 12.0. The molecular formula is C18H23N3O3S. The fourth-order valence-electron chi connectivity index (χ4n) is 2.33. The van der Waals surface area contributed by atoms with Crippen molar-refractivity contribution in [3.05, 3.63) is 47.3 Å². The van der Waals surface area contributed by atoms with Crippen molar-refractivity contribution in [2.75, 3.05) is 17.2 Å². The van der Waals surface area contributed by atoms with Crippen LogP contribution in [0, 0.1) is 5.92 Å². The summed E-state index contributed by atoms with van der Waals surface area (Å²) in [6.45, 7) is 3.97. The molecule has 25 heavy (non-hydrogen) atoms. The molecule has 2 aromatic rings. The Labute approximate surface area is 151 Å². The number of carbonyl (C=O) groups is 2. The summed E-state index contributed by atoms with van der Waals surface area (Å²) in [6.07, 6.45) is 0.707. The summed E-state index contributed by atoms with van der Waals surface area (Å²) in [7, 11) is 0. The molecule has 3 amide bonds. The molecule has 0 aliphatic heterocycles. The Morgan fingerprint density at radius 2 is 1.80 bits per heavy atom. The van der Waals surface area contributed by atoms with Crippen molar-refractivity contribution >= 4 is 34.0 Å². The molecule has 2 rings (SSSR count). The van der Waals surface area contributed by atoms with Gasteiger partial charge in [-0.15, -0.1) is 11.3 Å². The quantitative estimate of drug-likeness (QED) is 0.608. The van der Waals surface area contributed by atoms with E-state index in [4.69, 9.17) is 0 Å². The van der Waals surface area contributed by atoms with Crippen LogP contribution in [-0.4, -0.2) is 29.7 Å². The lowest BCUT2D eigenvalue weighted by atomic mass is 10.0. The van der Waals surface area contributed by atoms with Gasteiger partial charge in [0.05, 0.1) is 22.5 Å². The van der Waals surface area contributed by atoms with E-state index in [1.807, 2.05) is 32.0 Å². The van der Waals surface area contributed by atoms with E-state index in [2.05, 4.69) is 16.0 Å². The third-order valence-corrected chi connectivity index (χ3v) is 4.41. The van der Waals surface area contributed by atoms with Crippen molar-refractivity contribution < 1.29 is 14.7 Å². The second-order valence-corrected chi connectivity index (χ2v) is 7.18. The Balaban J connectivity index is 1.90. The van der Waals surface area contributed by atoms with Crippen molar-refractivity contribution in [1.29, 1.82) is 0 Å². The fraction of sp³-hybridized carbons (Fsp3) is 0.333. The average molecular weight is 361 g/mol. The lowest BCUT2D eigenvalue weighted by molar-refractivity contribution is 0.0912. The summed E-state index contributed by atoms with van der Waals surface area (Å²) in [5, 5.41) is 18.2.